The van der Waals surface area contributed by atoms with Crippen molar-refractivity contribution in [1.29, 1.82) is 0 Å². The van der Waals surface area contributed by atoms with Gasteiger partial charge < -0.3 is 24.6 Å². The van der Waals surface area contributed by atoms with Crippen LogP contribution in [0.2, 0.25) is 0 Å². The van der Waals surface area contributed by atoms with E-state index < -0.39 is 5.60 Å². The van der Waals surface area contributed by atoms with Crippen molar-refractivity contribution >= 4 is 40.1 Å². The second-order valence-corrected chi connectivity index (χ2v) is 11.9. The molecule has 0 bridgehead atoms. The van der Waals surface area contributed by atoms with E-state index in [0.29, 0.717) is 49.2 Å². The summed E-state index contributed by atoms with van der Waals surface area (Å²) in [6.07, 6.45) is 8.34. The average molecular weight is 566 g/mol. The van der Waals surface area contributed by atoms with Crippen LogP contribution >= 0.6 is 11.3 Å². The van der Waals surface area contributed by atoms with E-state index in [2.05, 4.69) is 21.4 Å². The van der Waals surface area contributed by atoms with Crippen molar-refractivity contribution in [2.24, 2.45) is 17.0 Å². The molecule has 0 saturated heterocycles. The maximum atomic E-state index is 12.8. The smallest absolute Gasteiger partial charge is 0.410 e. The van der Waals surface area contributed by atoms with Crippen LogP contribution in [-0.2, 0) is 16.5 Å². The van der Waals surface area contributed by atoms with E-state index in [9.17, 15) is 9.59 Å². The van der Waals surface area contributed by atoms with E-state index >= 15 is 0 Å². The number of aliphatic imine (C=N–C) groups is 2. The second-order valence-electron chi connectivity index (χ2n) is 10.9. The third kappa shape index (κ3) is 5.81. The highest BCUT2D eigenvalue weighted by Crippen LogP contribution is 2.34. The molecule has 12 heteroatoms. The van der Waals surface area contributed by atoms with Crippen molar-refractivity contribution in [2.75, 3.05) is 31.6 Å². The quantitative estimate of drug-likeness (QED) is 0.525. The molecule has 40 heavy (non-hydrogen) atoms. The van der Waals surface area contributed by atoms with Gasteiger partial charge in [-0.05, 0) is 58.2 Å². The molecule has 2 aromatic rings. The van der Waals surface area contributed by atoms with Gasteiger partial charge in [0.1, 0.15) is 10.5 Å². The molecule has 11 nitrogen and oxygen atoms in total. The number of anilines is 1. The number of esters is 1. The molecule has 1 N–H and O–H groups in total. The predicted molar refractivity (Wildman–Crippen MR) is 155 cm³/mol. The zero-order valence-corrected chi connectivity index (χ0v) is 24.5. The van der Waals surface area contributed by atoms with Crippen molar-refractivity contribution in [3.63, 3.8) is 0 Å². The van der Waals surface area contributed by atoms with Gasteiger partial charge in [0.2, 0.25) is 0 Å². The lowest BCUT2D eigenvalue weighted by Gasteiger charge is -2.32. The molecule has 0 fully saturated rings. The first-order chi connectivity index (χ1) is 19.0. The van der Waals surface area contributed by atoms with Crippen LogP contribution in [0.25, 0.3) is 0 Å². The molecule has 0 saturated carbocycles. The van der Waals surface area contributed by atoms with E-state index in [-0.39, 0.29) is 18.1 Å². The van der Waals surface area contributed by atoms with Crippen molar-refractivity contribution in [3.8, 4) is 0 Å². The molecule has 3 aliphatic rings. The normalized spacial score (nSPS) is 18.9. The number of fused-ring (bicyclic) bond motifs is 1. The van der Waals surface area contributed by atoms with Gasteiger partial charge in [-0.2, -0.15) is 5.10 Å². The van der Waals surface area contributed by atoms with Gasteiger partial charge in [-0.15, -0.1) is 11.3 Å². The molecule has 212 valence electrons. The maximum absolute atomic E-state index is 12.8. The van der Waals surface area contributed by atoms with E-state index in [1.165, 1.54) is 11.3 Å². The molecular weight excluding hydrogens is 530 g/mol. The molecule has 2 aromatic heterocycles. The third-order valence-electron chi connectivity index (χ3n) is 6.56. The number of carbonyl (C=O) groups is 2. The van der Waals surface area contributed by atoms with Crippen molar-refractivity contribution in [3.05, 3.63) is 58.0 Å². The summed E-state index contributed by atoms with van der Waals surface area (Å²) in [5, 5.41) is 8.54. The Labute approximate surface area is 237 Å². The minimum Gasteiger partial charge on any atom is -0.462 e. The molecule has 1 atom stereocenters. The lowest BCUT2D eigenvalue weighted by Crippen LogP contribution is -2.41. The van der Waals surface area contributed by atoms with Gasteiger partial charge in [-0.3, -0.25) is 9.67 Å². The SMILES string of the molecule is CCOC(=O)c1sc(NC2=NC(C3=CCCN(C(=O)OC(C)(C)C)C3)=CN3C2=NCC3c2cnn(C)c2)cc1C. The van der Waals surface area contributed by atoms with E-state index in [4.69, 9.17) is 19.5 Å². The molecular formula is C28H35N7O4S. The lowest BCUT2D eigenvalue weighted by atomic mass is 10.1. The summed E-state index contributed by atoms with van der Waals surface area (Å²) in [5.41, 5.74) is 2.98. The Balaban J connectivity index is 1.46. The molecule has 1 unspecified atom stereocenters. The highest BCUT2D eigenvalue weighted by molar-refractivity contribution is 7.18. The molecule has 0 spiro atoms. The van der Waals surface area contributed by atoms with Crippen molar-refractivity contribution in [2.45, 2.75) is 52.7 Å². The van der Waals surface area contributed by atoms with Crippen LogP contribution in [0.4, 0.5) is 9.80 Å². The van der Waals surface area contributed by atoms with Crippen LogP contribution in [0.3, 0.4) is 0 Å². The monoisotopic (exact) mass is 565 g/mol. The van der Waals surface area contributed by atoms with Gasteiger partial charge in [0.05, 0.1) is 42.6 Å². The first-order valence-electron chi connectivity index (χ1n) is 13.4. The molecule has 5 heterocycles. The molecule has 5 rings (SSSR count). The number of aromatic nitrogens is 2. The molecule has 0 radical (unpaired) electrons. The van der Waals surface area contributed by atoms with Gasteiger partial charge in [0.15, 0.2) is 11.7 Å². The van der Waals surface area contributed by atoms with Gasteiger partial charge in [-0.25, -0.2) is 14.6 Å². The standard InChI is InChI=1S/C28H35N7O4S/c1-7-38-26(36)23-17(2)11-22(40-23)32-24-25-29-13-21(19-12-30-33(6)14-19)35(25)16-20(31-24)18-9-8-10-34(15-18)27(37)39-28(3,4)5/h9,11-12,14,16,21H,7-8,10,13,15H2,1-6H3,(H,31,32). The minimum atomic E-state index is -0.573. The van der Waals surface area contributed by atoms with Crippen LogP contribution in [0.5, 0.6) is 0 Å². The lowest BCUT2D eigenvalue weighted by molar-refractivity contribution is 0.0263. The van der Waals surface area contributed by atoms with Crippen LogP contribution in [0.1, 0.15) is 61.0 Å². The average Bonchev–Trinajstić information content (AvgIpc) is 3.61. The summed E-state index contributed by atoms with van der Waals surface area (Å²) < 4.78 is 12.6. The van der Waals surface area contributed by atoms with Crippen molar-refractivity contribution < 1.29 is 19.1 Å². The Morgan fingerprint density at radius 3 is 2.77 bits per heavy atom. The van der Waals surface area contributed by atoms with E-state index in [0.717, 1.165) is 27.4 Å². The fourth-order valence-electron chi connectivity index (χ4n) is 4.76. The number of carbonyl (C=O) groups excluding carboxylic acids is 2. The number of rotatable bonds is 5. The van der Waals surface area contributed by atoms with Crippen LogP contribution in [-0.4, -0.2) is 75.2 Å². The van der Waals surface area contributed by atoms with Crippen LogP contribution < -0.4 is 5.32 Å². The summed E-state index contributed by atoms with van der Waals surface area (Å²) in [5.74, 6) is 0.952. The number of aryl methyl sites for hydroxylation is 2. The summed E-state index contributed by atoms with van der Waals surface area (Å²) in [6.45, 7) is 11.1. The number of hydrogen-bond donors (Lipinski definition) is 1. The van der Waals surface area contributed by atoms with Gasteiger partial charge in [-0.1, -0.05) is 6.08 Å². The van der Waals surface area contributed by atoms with Crippen molar-refractivity contribution in [1.82, 2.24) is 19.6 Å². The van der Waals surface area contributed by atoms with Crippen LogP contribution in [0, 0.1) is 6.92 Å². The van der Waals surface area contributed by atoms with Gasteiger partial charge in [0, 0.05) is 31.6 Å². The number of ether oxygens (including phenoxy) is 2. The fraction of sp³-hybridized carbons (Fsp3) is 0.464. The number of nitrogens with one attached hydrogen (secondary N) is 1. The first kappa shape index (κ1) is 27.6. The topological polar surface area (TPSA) is 114 Å². The molecule has 0 aliphatic carbocycles. The van der Waals surface area contributed by atoms with Gasteiger partial charge >= 0.3 is 12.1 Å². The molecule has 3 aliphatic heterocycles. The minimum absolute atomic E-state index is 0.0442. The Hall–Kier alpha value is -3.93. The highest BCUT2D eigenvalue weighted by atomic mass is 32.1. The zero-order chi connectivity index (χ0) is 28.6. The Kier molecular flexibility index (Phi) is 7.54. The van der Waals surface area contributed by atoms with Gasteiger partial charge in [0.25, 0.3) is 0 Å². The number of nitrogens with zero attached hydrogens (tertiary/aromatic N) is 6. The van der Waals surface area contributed by atoms with Crippen LogP contribution in [0.15, 0.2) is 52.0 Å². The molecule has 0 aromatic carbocycles. The number of hydrogen-bond acceptors (Lipinski definition) is 10. The highest BCUT2D eigenvalue weighted by Gasteiger charge is 2.36. The fourth-order valence-corrected chi connectivity index (χ4v) is 5.72. The summed E-state index contributed by atoms with van der Waals surface area (Å²) in [6, 6.07) is 1.87. The molecule has 1 amide bonds. The predicted octanol–water partition coefficient (Wildman–Crippen LogP) is 4.65. The van der Waals surface area contributed by atoms with E-state index in [1.807, 2.05) is 59.4 Å². The van der Waals surface area contributed by atoms with E-state index in [1.54, 1.807) is 16.5 Å². The number of thiophene rings is 1. The summed E-state index contributed by atoms with van der Waals surface area (Å²) >= 11 is 1.33. The third-order valence-corrected chi connectivity index (χ3v) is 7.69. The Bertz CT molecular complexity index is 1440. The zero-order valence-electron chi connectivity index (χ0n) is 23.7. The number of amides is 1. The summed E-state index contributed by atoms with van der Waals surface area (Å²) in [7, 11) is 1.89. The first-order valence-corrected chi connectivity index (χ1v) is 14.2. The largest absolute Gasteiger partial charge is 0.462 e. The number of amidine groups is 2. The Morgan fingerprint density at radius 1 is 1.27 bits per heavy atom. The summed E-state index contributed by atoms with van der Waals surface area (Å²) in [4.78, 5) is 39.5. The maximum Gasteiger partial charge on any atom is 0.410 e. The second kappa shape index (κ2) is 10.9. The Morgan fingerprint density at radius 2 is 2.08 bits per heavy atom.